The lowest BCUT2D eigenvalue weighted by atomic mass is 10.2. The van der Waals surface area contributed by atoms with Crippen LogP contribution in [0.15, 0.2) is 24.3 Å². The quantitative estimate of drug-likeness (QED) is 0.623. The lowest BCUT2D eigenvalue weighted by Gasteiger charge is -2.13. The van der Waals surface area contributed by atoms with Crippen molar-refractivity contribution in [1.29, 1.82) is 0 Å². The molecular formula is C12H8Cl3NO4S. The molecule has 1 N–H and O–H groups in total. The van der Waals surface area contributed by atoms with Crippen molar-refractivity contribution in [3.8, 4) is 0 Å². The van der Waals surface area contributed by atoms with Crippen LogP contribution in [0.25, 0.3) is 10.1 Å². The largest absolute Gasteiger partial charge is 0.465 e. The van der Waals surface area contributed by atoms with Crippen molar-refractivity contribution in [3.63, 3.8) is 0 Å². The van der Waals surface area contributed by atoms with E-state index in [0.29, 0.717) is 5.39 Å². The van der Waals surface area contributed by atoms with Gasteiger partial charge >= 0.3 is 16.0 Å². The number of methoxy groups -OCH3 is 1. The molecule has 0 fully saturated rings. The molecule has 0 spiro atoms. The number of rotatable bonds is 2. The molecule has 0 unspecified atom stereocenters. The first kappa shape index (κ1) is 16.2. The van der Waals surface area contributed by atoms with Gasteiger partial charge in [0.25, 0.3) is 0 Å². The van der Waals surface area contributed by atoms with Crippen molar-refractivity contribution in [2.24, 2.45) is 0 Å². The van der Waals surface area contributed by atoms with Crippen LogP contribution in [-0.2, 0) is 9.47 Å². The summed E-state index contributed by atoms with van der Waals surface area (Å²) in [6, 6.07) is 7.12. The predicted molar refractivity (Wildman–Crippen MR) is 83.6 cm³/mol. The first-order chi connectivity index (χ1) is 9.81. The maximum atomic E-state index is 11.8. The molecule has 1 aromatic carbocycles. The summed E-state index contributed by atoms with van der Waals surface area (Å²) >= 11 is 17.3. The lowest BCUT2D eigenvalue weighted by molar-refractivity contribution is 0.0607. The van der Waals surface area contributed by atoms with Crippen molar-refractivity contribution in [2.45, 2.75) is 3.98 Å². The van der Waals surface area contributed by atoms with Crippen LogP contribution < -0.4 is 5.32 Å². The van der Waals surface area contributed by atoms with Crippen molar-refractivity contribution in [2.75, 3.05) is 12.4 Å². The number of esters is 1. The maximum Gasteiger partial charge on any atom is 0.415 e. The third-order valence-corrected chi connectivity index (χ3v) is 3.78. The molecule has 0 atom stereocenters. The van der Waals surface area contributed by atoms with E-state index in [9.17, 15) is 9.59 Å². The molecule has 1 amide bonds. The minimum Gasteiger partial charge on any atom is -0.465 e. The van der Waals surface area contributed by atoms with Crippen molar-refractivity contribution >= 4 is 74.0 Å². The van der Waals surface area contributed by atoms with E-state index in [1.165, 1.54) is 18.4 Å². The Balaban J connectivity index is 2.41. The molecule has 0 aliphatic carbocycles. The molecule has 1 aromatic heterocycles. The summed E-state index contributed by atoms with van der Waals surface area (Å²) in [5, 5.41) is 3.06. The molecule has 0 saturated carbocycles. The van der Waals surface area contributed by atoms with Crippen LogP contribution in [0, 0.1) is 0 Å². The van der Waals surface area contributed by atoms with E-state index in [-0.39, 0.29) is 10.6 Å². The van der Waals surface area contributed by atoms with E-state index in [2.05, 4.69) is 10.1 Å². The number of alkyl halides is 3. The number of thiophene rings is 1. The second-order valence-electron chi connectivity index (χ2n) is 3.75. The van der Waals surface area contributed by atoms with Gasteiger partial charge in [0.2, 0.25) is 0 Å². The molecule has 21 heavy (non-hydrogen) atoms. The number of halogens is 3. The zero-order chi connectivity index (χ0) is 15.6. The summed E-state index contributed by atoms with van der Waals surface area (Å²) in [6.45, 7) is 0. The topological polar surface area (TPSA) is 64.6 Å². The fourth-order valence-corrected chi connectivity index (χ4v) is 2.93. The number of carbonyl (C=O) groups is 2. The summed E-state index contributed by atoms with van der Waals surface area (Å²) in [6.07, 6.45) is -0.997. The van der Waals surface area contributed by atoms with Gasteiger partial charge in [-0.1, -0.05) is 18.2 Å². The molecule has 5 nitrogen and oxygen atoms in total. The van der Waals surface area contributed by atoms with E-state index in [1.54, 1.807) is 18.2 Å². The first-order valence-corrected chi connectivity index (χ1v) is 7.43. The molecule has 9 heteroatoms. The van der Waals surface area contributed by atoms with Crippen LogP contribution in [-0.4, -0.2) is 23.2 Å². The number of hydrogen-bond acceptors (Lipinski definition) is 5. The highest BCUT2D eigenvalue weighted by Crippen LogP contribution is 2.37. The second kappa shape index (κ2) is 6.27. The number of fused-ring (bicyclic) bond motifs is 1. The Bertz CT molecular complexity index is 695. The summed E-state index contributed by atoms with van der Waals surface area (Å²) in [5.74, 6) is -0.583. The molecule has 2 aromatic rings. The van der Waals surface area contributed by atoms with Gasteiger partial charge in [0, 0.05) is 10.1 Å². The molecule has 0 radical (unpaired) electrons. The van der Waals surface area contributed by atoms with E-state index in [1.807, 2.05) is 6.07 Å². The zero-order valence-electron chi connectivity index (χ0n) is 10.5. The van der Waals surface area contributed by atoms with Crippen molar-refractivity contribution in [3.05, 3.63) is 29.1 Å². The van der Waals surface area contributed by atoms with E-state index >= 15 is 0 Å². The van der Waals surface area contributed by atoms with Gasteiger partial charge in [0.1, 0.15) is 4.88 Å². The second-order valence-corrected chi connectivity index (χ2v) is 6.98. The van der Waals surface area contributed by atoms with Gasteiger partial charge in [-0.25, -0.2) is 9.59 Å². The standard InChI is InChI=1S/C12H8Cl3NO4S/c1-19-10(17)9-8(16-11(18)20-12(13,14)15)6-4-2-3-5-7(6)21-9/h2-5H,1H3,(H,16,18). The Morgan fingerprint density at radius 3 is 2.52 bits per heavy atom. The van der Waals surface area contributed by atoms with Crippen LogP contribution in [0.5, 0.6) is 0 Å². The Labute approximate surface area is 138 Å². The Morgan fingerprint density at radius 1 is 1.24 bits per heavy atom. The minimum atomic E-state index is -2.19. The van der Waals surface area contributed by atoms with Gasteiger partial charge < -0.3 is 9.47 Å². The zero-order valence-corrected chi connectivity index (χ0v) is 13.6. The van der Waals surface area contributed by atoms with Gasteiger partial charge in [0.05, 0.1) is 12.8 Å². The van der Waals surface area contributed by atoms with Crippen LogP contribution in [0.3, 0.4) is 0 Å². The fourth-order valence-electron chi connectivity index (χ4n) is 1.64. The molecule has 112 valence electrons. The van der Waals surface area contributed by atoms with Crippen LogP contribution in [0.1, 0.15) is 9.67 Å². The minimum absolute atomic E-state index is 0.222. The van der Waals surface area contributed by atoms with Gasteiger partial charge in [-0.05, 0) is 40.9 Å². The predicted octanol–water partition coefficient (Wildman–Crippen LogP) is 4.56. The van der Waals surface area contributed by atoms with Crippen LogP contribution in [0.4, 0.5) is 10.5 Å². The third-order valence-electron chi connectivity index (χ3n) is 2.40. The molecule has 0 aliphatic rings. The number of amides is 1. The average Bonchev–Trinajstić information content (AvgIpc) is 2.75. The lowest BCUT2D eigenvalue weighted by Crippen LogP contribution is -2.22. The number of carbonyl (C=O) groups excluding carboxylic acids is 2. The van der Waals surface area contributed by atoms with Crippen LogP contribution >= 0.6 is 46.1 Å². The summed E-state index contributed by atoms with van der Waals surface area (Å²) in [5.41, 5.74) is 0.252. The van der Waals surface area contributed by atoms with Gasteiger partial charge in [-0.15, -0.1) is 11.3 Å². The highest BCUT2D eigenvalue weighted by molar-refractivity contribution is 7.21. The molecule has 0 saturated heterocycles. The van der Waals surface area contributed by atoms with Crippen molar-refractivity contribution in [1.82, 2.24) is 0 Å². The Morgan fingerprint density at radius 2 is 1.90 bits per heavy atom. The van der Waals surface area contributed by atoms with E-state index in [4.69, 9.17) is 39.5 Å². The normalized spacial score (nSPS) is 11.2. The molecule has 2 rings (SSSR count). The first-order valence-electron chi connectivity index (χ1n) is 5.48. The Hall–Kier alpha value is -1.21. The van der Waals surface area contributed by atoms with Crippen LogP contribution in [0.2, 0.25) is 0 Å². The fraction of sp³-hybridized carbons (Fsp3) is 0.167. The highest BCUT2D eigenvalue weighted by atomic mass is 35.6. The SMILES string of the molecule is COC(=O)c1sc2ccccc2c1NC(=O)OC(Cl)(Cl)Cl. The molecule has 0 bridgehead atoms. The van der Waals surface area contributed by atoms with Gasteiger partial charge in [0.15, 0.2) is 0 Å². The van der Waals surface area contributed by atoms with Gasteiger partial charge in [-0.2, -0.15) is 0 Å². The summed E-state index contributed by atoms with van der Waals surface area (Å²) in [4.78, 5) is 23.7. The number of nitrogens with one attached hydrogen (secondary N) is 1. The monoisotopic (exact) mass is 367 g/mol. The Kier molecular flexibility index (Phi) is 4.83. The number of ether oxygens (including phenoxy) is 2. The highest BCUT2D eigenvalue weighted by Gasteiger charge is 2.27. The number of anilines is 1. The molecule has 0 aliphatic heterocycles. The number of hydrogen-bond donors (Lipinski definition) is 1. The molecule has 1 heterocycles. The van der Waals surface area contributed by atoms with E-state index in [0.717, 1.165) is 4.70 Å². The third kappa shape index (κ3) is 3.91. The smallest absolute Gasteiger partial charge is 0.415 e. The maximum absolute atomic E-state index is 11.8. The number of benzene rings is 1. The van der Waals surface area contributed by atoms with Gasteiger partial charge in [-0.3, -0.25) is 5.32 Å². The average molecular weight is 369 g/mol. The summed E-state index contributed by atoms with van der Waals surface area (Å²) in [7, 11) is 1.25. The van der Waals surface area contributed by atoms with Crippen molar-refractivity contribution < 1.29 is 19.1 Å². The molecular weight excluding hydrogens is 361 g/mol. The van der Waals surface area contributed by atoms with E-state index < -0.39 is 16.0 Å². The summed E-state index contributed by atoms with van der Waals surface area (Å²) < 4.78 is 7.82.